The molecule has 0 aliphatic heterocycles. The summed E-state index contributed by atoms with van der Waals surface area (Å²) >= 11 is 0. The van der Waals surface area contributed by atoms with E-state index in [1.807, 2.05) is 13.0 Å². The van der Waals surface area contributed by atoms with Crippen LogP contribution >= 0.6 is 0 Å². The highest BCUT2D eigenvalue weighted by Gasteiger charge is 2.32. The molecule has 1 aromatic rings. The summed E-state index contributed by atoms with van der Waals surface area (Å²) in [7, 11) is 0. The van der Waals surface area contributed by atoms with E-state index in [0.717, 1.165) is 24.8 Å². The van der Waals surface area contributed by atoms with Gasteiger partial charge in [-0.15, -0.1) is 0 Å². The molecule has 0 amide bonds. The molecule has 1 unspecified atom stereocenters. The Morgan fingerprint density at radius 1 is 1.40 bits per heavy atom. The maximum atomic E-state index is 13.2. The average molecular weight is 279 g/mol. The Kier molecular flexibility index (Phi) is 4.82. The molecule has 2 N–H and O–H groups in total. The third kappa shape index (κ3) is 4.29. The fourth-order valence-corrected chi connectivity index (χ4v) is 3.13. The van der Waals surface area contributed by atoms with Crippen LogP contribution < -0.4 is 5.32 Å². The highest BCUT2D eigenvalue weighted by molar-refractivity contribution is 5.23. The van der Waals surface area contributed by atoms with Gasteiger partial charge >= 0.3 is 0 Å². The lowest BCUT2D eigenvalue weighted by molar-refractivity contribution is 0.0320. The number of halogens is 1. The minimum absolute atomic E-state index is 0.154. The fourth-order valence-electron chi connectivity index (χ4n) is 3.13. The van der Waals surface area contributed by atoms with Crippen molar-refractivity contribution in [3.8, 4) is 0 Å². The van der Waals surface area contributed by atoms with Gasteiger partial charge in [-0.1, -0.05) is 26.0 Å². The molecule has 2 nitrogen and oxygen atoms in total. The zero-order valence-corrected chi connectivity index (χ0v) is 12.7. The summed E-state index contributed by atoms with van der Waals surface area (Å²) in [5.41, 5.74) is 0.454. The number of rotatable bonds is 6. The predicted molar refractivity (Wildman–Crippen MR) is 80.2 cm³/mol. The molecule has 20 heavy (non-hydrogen) atoms. The van der Waals surface area contributed by atoms with Crippen molar-refractivity contribution in [1.29, 1.82) is 0 Å². The van der Waals surface area contributed by atoms with E-state index in [2.05, 4.69) is 19.2 Å². The second-order valence-electron chi connectivity index (χ2n) is 6.90. The summed E-state index contributed by atoms with van der Waals surface area (Å²) in [5.74, 6) is 0.797. The van der Waals surface area contributed by atoms with Crippen molar-refractivity contribution in [1.82, 2.24) is 5.32 Å². The van der Waals surface area contributed by atoms with Gasteiger partial charge in [0.2, 0.25) is 0 Å². The van der Waals surface area contributed by atoms with Crippen LogP contribution in [0.15, 0.2) is 24.3 Å². The first-order chi connectivity index (χ1) is 9.35. The molecule has 0 saturated heterocycles. The van der Waals surface area contributed by atoms with Crippen molar-refractivity contribution in [3.05, 3.63) is 35.6 Å². The number of benzene rings is 1. The first kappa shape index (κ1) is 15.5. The lowest BCUT2D eigenvalue weighted by Crippen LogP contribution is -2.47. The first-order valence-electron chi connectivity index (χ1n) is 7.57. The largest absolute Gasteiger partial charge is 0.389 e. The molecule has 1 aliphatic rings. The van der Waals surface area contributed by atoms with Gasteiger partial charge in [0.25, 0.3) is 0 Å². The second kappa shape index (κ2) is 6.23. The average Bonchev–Trinajstić information content (AvgIpc) is 2.24. The molecule has 0 heterocycles. The molecule has 1 aliphatic carbocycles. The summed E-state index contributed by atoms with van der Waals surface area (Å²) in [4.78, 5) is 0. The number of hydrogen-bond donors (Lipinski definition) is 2. The number of nitrogens with one attached hydrogen (secondary N) is 1. The Hall–Kier alpha value is -0.930. The monoisotopic (exact) mass is 279 g/mol. The highest BCUT2D eigenvalue weighted by atomic mass is 19.1. The molecular formula is C17H26FNO. The zero-order valence-electron chi connectivity index (χ0n) is 12.7. The number of aliphatic hydroxyl groups is 1. The normalized spacial score (nSPS) is 25.3. The van der Waals surface area contributed by atoms with Crippen LogP contribution in [0, 0.1) is 11.7 Å². The smallest absolute Gasteiger partial charge is 0.123 e. The maximum absolute atomic E-state index is 13.2. The van der Waals surface area contributed by atoms with E-state index >= 15 is 0 Å². The van der Waals surface area contributed by atoms with Crippen LogP contribution in [0.2, 0.25) is 0 Å². The summed E-state index contributed by atoms with van der Waals surface area (Å²) in [6.45, 7) is 6.77. The molecule has 1 aromatic carbocycles. The third-order valence-corrected chi connectivity index (χ3v) is 4.08. The molecule has 0 spiro atoms. The standard InChI is InChI=1S/C17H26FNO/c1-12(2)10-17(3,20)11-19-16-8-14(9-16)13-5-4-6-15(18)7-13/h4-7,12,14,16,19-20H,8-11H2,1-3H3. The van der Waals surface area contributed by atoms with Crippen molar-refractivity contribution in [2.45, 2.75) is 57.6 Å². The highest BCUT2D eigenvalue weighted by Crippen LogP contribution is 2.37. The summed E-state index contributed by atoms with van der Waals surface area (Å²) in [6.07, 6.45) is 2.86. The van der Waals surface area contributed by atoms with Crippen molar-refractivity contribution >= 4 is 0 Å². The lowest BCUT2D eigenvalue weighted by Gasteiger charge is -2.38. The van der Waals surface area contributed by atoms with Crippen LogP contribution in [0.1, 0.15) is 51.5 Å². The van der Waals surface area contributed by atoms with E-state index in [-0.39, 0.29) is 5.82 Å². The zero-order chi connectivity index (χ0) is 14.8. The second-order valence-corrected chi connectivity index (χ2v) is 6.90. The van der Waals surface area contributed by atoms with E-state index in [1.54, 1.807) is 12.1 Å². The lowest BCUT2D eigenvalue weighted by atomic mass is 9.75. The summed E-state index contributed by atoms with van der Waals surface area (Å²) in [6, 6.07) is 7.34. The Balaban J connectivity index is 1.74. The minimum Gasteiger partial charge on any atom is -0.389 e. The number of hydrogen-bond acceptors (Lipinski definition) is 2. The topological polar surface area (TPSA) is 32.3 Å². The van der Waals surface area contributed by atoms with Gasteiger partial charge in [-0.05, 0) is 55.7 Å². The van der Waals surface area contributed by atoms with Gasteiger partial charge in [0.05, 0.1) is 5.60 Å². The van der Waals surface area contributed by atoms with Gasteiger partial charge in [0.1, 0.15) is 5.82 Å². The van der Waals surface area contributed by atoms with Crippen LogP contribution in [-0.4, -0.2) is 23.3 Å². The summed E-state index contributed by atoms with van der Waals surface area (Å²) in [5, 5.41) is 13.7. The van der Waals surface area contributed by atoms with Crippen molar-refractivity contribution in [3.63, 3.8) is 0 Å². The van der Waals surface area contributed by atoms with Crippen molar-refractivity contribution in [2.75, 3.05) is 6.54 Å². The predicted octanol–water partition coefficient (Wildman–Crippen LogP) is 3.46. The maximum Gasteiger partial charge on any atom is 0.123 e. The summed E-state index contributed by atoms with van der Waals surface area (Å²) < 4.78 is 13.2. The SMILES string of the molecule is CC(C)CC(C)(O)CNC1CC(c2cccc(F)c2)C1. The Morgan fingerprint density at radius 3 is 2.70 bits per heavy atom. The van der Waals surface area contributed by atoms with E-state index < -0.39 is 5.60 Å². The van der Waals surface area contributed by atoms with Crippen LogP contribution in [0.25, 0.3) is 0 Å². The Labute approximate surface area is 121 Å². The van der Waals surface area contributed by atoms with Gasteiger partial charge in [-0.2, -0.15) is 0 Å². The fraction of sp³-hybridized carbons (Fsp3) is 0.647. The quantitative estimate of drug-likeness (QED) is 0.836. The van der Waals surface area contributed by atoms with Crippen LogP contribution in [0.4, 0.5) is 4.39 Å². The van der Waals surface area contributed by atoms with Gasteiger partial charge in [0, 0.05) is 12.6 Å². The molecule has 1 saturated carbocycles. The van der Waals surface area contributed by atoms with Gasteiger partial charge in [-0.25, -0.2) is 4.39 Å². The van der Waals surface area contributed by atoms with Crippen molar-refractivity contribution < 1.29 is 9.50 Å². The Bertz CT molecular complexity index is 438. The van der Waals surface area contributed by atoms with E-state index in [1.165, 1.54) is 6.07 Å². The Morgan fingerprint density at radius 2 is 2.10 bits per heavy atom. The minimum atomic E-state index is -0.641. The van der Waals surface area contributed by atoms with E-state index in [4.69, 9.17) is 0 Å². The van der Waals surface area contributed by atoms with E-state index in [9.17, 15) is 9.50 Å². The first-order valence-corrected chi connectivity index (χ1v) is 7.57. The van der Waals surface area contributed by atoms with Crippen LogP contribution in [0.3, 0.4) is 0 Å². The molecule has 0 bridgehead atoms. The van der Waals surface area contributed by atoms with Gasteiger partial charge < -0.3 is 10.4 Å². The molecule has 0 aromatic heterocycles. The molecular weight excluding hydrogens is 253 g/mol. The van der Waals surface area contributed by atoms with Gasteiger partial charge in [-0.3, -0.25) is 0 Å². The molecule has 112 valence electrons. The van der Waals surface area contributed by atoms with Crippen LogP contribution in [-0.2, 0) is 0 Å². The molecule has 1 fully saturated rings. The molecule has 3 heteroatoms. The van der Waals surface area contributed by atoms with E-state index in [0.29, 0.717) is 24.4 Å². The molecule has 0 radical (unpaired) electrons. The van der Waals surface area contributed by atoms with Crippen LogP contribution in [0.5, 0.6) is 0 Å². The molecule has 2 rings (SSSR count). The van der Waals surface area contributed by atoms with Gasteiger partial charge in [0.15, 0.2) is 0 Å². The third-order valence-electron chi connectivity index (χ3n) is 4.08. The van der Waals surface area contributed by atoms with Crippen molar-refractivity contribution in [2.24, 2.45) is 5.92 Å². The molecule has 1 atom stereocenters.